The molecule has 0 heterocycles. The predicted octanol–water partition coefficient (Wildman–Crippen LogP) is 2.78. The molecule has 1 aromatic rings. The summed E-state index contributed by atoms with van der Waals surface area (Å²) in [6.07, 6.45) is 0.702. The summed E-state index contributed by atoms with van der Waals surface area (Å²) in [5.74, 6) is -0.578. The minimum atomic E-state index is -0.487. The smallest absolute Gasteiger partial charge is 0.230 e. The predicted molar refractivity (Wildman–Crippen MR) is 63.5 cm³/mol. The summed E-state index contributed by atoms with van der Waals surface area (Å²) in [5.41, 5.74) is 5.84. The van der Waals surface area contributed by atoms with Crippen molar-refractivity contribution in [3.8, 4) is 0 Å². The first kappa shape index (κ1) is 12.5. The quantitative estimate of drug-likeness (QED) is 0.776. The molecule has 1 aromatic carbocycles. The van der Waals surface area contributed by atoms with Crippen molar-refractivity contribution in [1.82, 2.24) is 0 Å². The highest BCUT2D eigenvalue weighted by Crippen LogP contribution is 2.25. The SMILES string of the molecule is CCC(C)(C)C(=O)Nc1cc(F)ccc1N. The van der Waals surface area contributed by atoms with Gasteiger partial charge in [0, 0.05) is 5.41 Å². The van der Waals surface area contributed by atoms with E-state index in [-0.39, 0.29) is 5.91 Å². The Morgan fingerprint density at radius 3 is 2.69 bits per heavy atom. The van der Waals surface area contributed by atoms with E-state index >= 15 is 0 Å². The van der Waals surface area contributed by atoms with E-state index in [0.29, 0.717) is 17.8 Å². The van der Waals surface area contributed by atoms with Crippen LogP contribution in [0.5, 0.6) is 0 Å². The molecular weight excluding hydrogens is 207 g/mol. The average Bonchev–Trinajstić information content (AvgIpc) is 2.23. The number of nitrogens with two attached hydrogens (primary N) is 1. The van der Waals surface area contributed by atoms with Gasteiger partial charge < -0.3 is 11.1 Å². The molecule has 0 fully saturated rings. The molecule has 3 N–H and O–H groups in total. The molecule has 0 atom stereocenters. The van der Waals surface area contributed by atoms with E-state index in [1.807, 2.05) is 20.8 Å². The van der Waals surface area contributed by atoms with Crippen LogP contribution < -0.4 is 11.1 Å². The van der Waals surface area contributed by atoms with Crippen LogP contribution in [0.2, 0.25) is 0 Å². The van der Waals surface area contributed by atoms with E-state index < -0.39 is 11.2 Å². The van der Waals surface area contributed by atoms with Crippen molar-refractivity contribution in [1.29, 1.82) is 0 Å². The number of benzene rings is 1. The summed E-state index contributed by atoms with van der Waals surface area (Å²) in [7, 11) is 0. The monoisotopic (exact) mass is 224 g/mol. The van der Waals surface area contributed by atoms with Crippen LogP contribution in [0.4, 0.5) is 15.8 Å². The second-order valence-corrected chi connectivity index (χ2v) is 4.42. The van der Waals surface area contributed by atoms with Gasteiger partial charge in [0.25, 0.3) is 0 Å². The van der Waals surface area contributed by atoms with Gasteiger partial charge in [0.2, 0.25) is 5.91 Å². The minimum absolute atomic E-state index is 0.160. The molecule has 0 aliphatic rings. The van der Waals surface area contributed by atoms with E-state index in [0.717, 1.165) is 0 Å². The zero-order chi connectivity index (χ0) is 12.3. The van der Waals surface area contributed by atoms with Gasteiger partial charge in [-0.2, -0.15) is 0 Å². The highest BCUT2D eigenvalue weighted by atomic mass is 19.1. The van der Waals surface area contributed by atoms with Gasteiger partial charge in [-0.15, -0.1) is 0 Å². The van der Waals surface area contributed by atoms with E-state index in [9.17, 15) is 9.18 Å². The highest BCUT2D eigenvalue weighted by Gasteiger charge is 2.25. The van der Waals surface area contributed by atoms with Crippen LogP contribution in [0.25, 0.3) is 0 Å². The summed E-state index contributed by atoms with van der Waals surface area (Å²) in [5, 5.41) is 2.64. The number of carbonyl (C=O) groups is 1. The Labute approximate surface area is 94.8 Å². The third kappa shape index (κ3) is 2.72. The van der Waals surface area contributed by atoms with Crippen LogP contribution in [0, 0.1) is 11.2 Å². The number of hydrogen-bond donors (Lipinski definition) is 2. The molecule has 4 heteroatoms. The second-order valence-electron chi connectivity index (χ2n) is 4.42. The molecule has 0 unspecified atom stereocenters. The summed E-state index contributed by atoms with van der Waals surface area (Å²) in [6, 6.07) is 3.92. The fourth-order valence-corrected chi connectivity index (χ4v) is 1.09. The van der Waals surface area contributed by atoms with E-state index in [4.69, 9.17) is 5.73 Å². The molecule has 0 bridgehead atoms. The number of halogens is 1. The highest BCUT2D eigenvalue weighted by molar-refractivity contribution is 5.97. The lowest BCUT2D eigenvalue weighted by Gasteiger charge is -2.22. The van der Waals surface area contributed by atoms with E-state index in [1.165, 1.54) is 18.2 Å². The maximum Gasteiger partial charge on any atom is 0.230 e. The maximum absolute atomic E-state index is 13.0. The van der Waals surface area contributed by atoms with Gasteiger partial charge in [0.15, 0.2) is 0 Å². The summed E-state index contributed by atoms with van der Waals surface area (Å²) >= 11 is 0. The molecule has 16 heavy (non-hydrogen) atoms. The van der Waals surface area contributed by atoms with Crippen molar-refractivity contribution >= 4 is 17.3 Å². The number of nitrogen functional groups attached to an aromatic ring is 1. The van der Waals surface area contributed by atoms with Crippen LogP contribution in [-0.4, -0.2) is 5.91 Å². The molecule has 3 nitrogen and oxygen atoms in total. The van der Waals surface area contributed by atoms with Gasteiger partial charge in [-0.1, -0.05) is 20.8 Å². The fraction of sp³-hybridized carbons (Fsp3) is 0.417. The largest absolute Gasteiger partial charge is 0.397 e. The minimum Gasteiger partial charge on any atom is -0.397 e. The molecule has 0 aromatic heterocycles. The fourth-order valence-electron chi connectivity index (χ4n) is 1.09. The number of hydrogen-bond acceptors (Lipinski definition) is 2. The molecule has 0 saturated carbocycles. The average molecular weight is 224 g/mol. The van der Waals surface area contributed by atoms with E-state index in [1.54, 1.807) is 0 Å². The van der Waals surface area contributed by atoms with Gasteiger partial charge in [0.1, 0.15) is 5.82 Å². The number of carbonyl (C=O) groups excluding carboxylic acids is 1. The molecule has 0 aliphatic heterocycles. The van der Waals surface area contributed by atoms with Crippen LogP contribution in [0.15, 0.2) is 18.2 Å². The Morgan fingerprint density at radius 1 is 1.50 bits per heavy atom. The first-order valence-corrected chi connectivity index (χ1v) is 5.23. The molecule has 1 rings (SSSR count). The van der Waals surface area contributed by atoms with Crippen LogP contribution in [0.1, 0.15) is 27.2 Å². The molecule has 1 amide bonds. The van der Waals surface area contributed by atoms with Crippen LogP contribution >= 0.6 is 0 Å². The first-order chi connectivity index (χ1) is 7.36. The summed E-state index contributed by atoms with van der Waals surface area (Å²) in [4.78, 5) is 11.8. The van der Waals surface area contributed by atoms with Crippen molar-refractivity contribution in [3.63, 3.8) is 0 Å². The first-order valence-electron chi connectivity index (χ1n) is 5.23. The molecule has 0 spiro atoms. The van der Waals surface area contributed by atoms with Crippen molar-refractivity contribution in [2.24, 2.45) is 5.41 Å². The normalized spacial score (nSPS) is 11.2. The summed E-state index contributed by atoms with van der Waals surface area (Å²) in [6.45, 7) is 5.59. The van der Waals surface area contributed by atoms with Crippen LogP contribution in [0.3, 0.4) is 0 Å². The lowest BCUT2D eigenvalue weighted by molar-refractivity contribution is -0.124. The molecular formula is C12H17FN2O. The molecule has 0 saturated heterocycles. The Morgan fingerprint density at radius 2 is 2.12 bits per heavy atom. The molecule has 0 aliphatic carbocycles. The Hall–Kier alpha value is -1.58. The molecule has 0 radical (unpaired) electrons. The number of anilines is 2. The topological polar surface area (TPSA) is 55.1 Å². The van der Waals surface area contributed by atoms with Gasteiger partial charge in [-0.05, 0) is 24.6 Å². The number of nitrogens with one attached hydrogen (secondary N) is 1. The maximum atomic E-state index is 13.0. The van der Waals surface area contributed by atoms with Gasteiger partial charge >= 0.3 is 0 Å². The third-order valence-electron chi connectivity index (χ3n) is 2.76. The Balaban J connectivity index is 2.89. The lowest BCUT2D eigenvalue weighted by Crippen LogP contribution is -2.30. The van der Waals surface area contributed by atoms with Crippen LogP contribution in [-0.2, 0) is 4.79 Å². The van der Waals surface area contributed by atoms with Crippen molar-refractivity contribution in [2.75, 3.05) is 11.1 Å². The van der Waals surface area contributed by atoms with Crippen molar-refractivity contribution in [3.05, 3.63) is 24.0 Å². The summed E-state index contributed by atoms with van der Waals surface area (Å²) < 4.78 is 13.0. The zero-order valence-electron chi connectivity index (χ0n) is 9.80. The Kier molecular flexibility index (Phi) is 3.52. The number of rotatable bonds is 3. The van der Waals surface area contributed by atoms with Gasteiger partial charge in [0.05, 0.1) is 11.4 Å². The standard InChI is InChI=1S/C12H17FN2O/c1-4-12(2,3)11(16)15-10-7-8(13)5-6-9(10)14/h5-7H,4,14H2,1-3H3,(H,15,16). The number of amides is 1. The van der Waals surface area contributed by atoms with Gasteiger partial charge in [-0.25, -0.2) is 4.39 Å². The zero-order valence-corrected chi connectivity index (χ0v) is 9.80. The van der Waals surface area contributed by atoms with E-state index in [2.05, 4.69) is 5.32 Å². The van der Waals surface area contributed by atoms with Gasteiger partial charge in [-0.3, -0.25) is 4.79 Å². The third-order valence-corrected chi connectivity index (χ3v) is 2.76. The molecule has 88 valence electrons. The van der Waals surface area contributed by atoms with Crippen molar-refractivity contribution < 1.29 is 9.18 Å². The second kappa shape index (κ2) is 4.51. The lowest BCUT2D eigenvalue weighted by atomic mass is 9.89. The van der Waals surface area contributed by atoms with Crippen molar-refractivity contribution in [2.45, 2.75) is 27.2 Å². The Bertz CT molecular complexity index is 402.